The van der Waals surface area contributed by atoms with E-state index in [9.17, 15) is 18.0 Å². The van der Waals surface area contributed by atoms with E-state index in [-0.39, 0.29) is 17.1 Å². The molecule has 0 saturated carbocycles. The van der Waals surface area contributed by atoms with Gasteiger partial charge in [-0.3, -0.25) is 9.52 Å². The van der Waals surface area contributed by atoms with Gasteiger partial charge in [-0.1, -0.05) is 29.8 Å². The molecule has 3 rings (SSSR count). The molecule has 1 amide bonds. The summed E-state index contributed by atoms with van der Waals surface area (Å²) >= 11 is 0. The second-order valence-electron chi connectivity index (χ2n) is 8.06. The molecule has 3 aromatic rings. The van der Waals surface area contributed by atoms with Crippen LogP contribution in [0.15, 0.2) is 59.5 Å². The summed E-state index contributed by atoms with van der Waals surface area (Å²) in [6, 6.07) is 14.9. The number of benzene rings is 3. The van der Waals surface area contributed by atoms with Crippen LogP contribution in [-0.4, -0.2) is 26.9 Å². The Labute approximate surface area is 200 Å². The summed E-state index contributed by atoms with van der Waals surface area (Å²) in [5.74, 6) is -0.968. The second-order valence-corrected chi connectivity index (χ2v) is 9.71. The van der Waals surface area contributed by atoms with Gasteiger partial charge in [0.1, 0.15) is 0 Å². The number of esters is 1. The Hall–Kier alpha value is -3.65. The molecule has 3 aromatic carbocycles. The fraction of sp³-hybridized carbons (Fsp3) is 0.231. The minimum absolute atomic E-state index is 0.0112. The Morgan fingerprint density at radius 1 is 0.882 bits per heavy atom. The predicted molar refractivity (Wildman–Crippen MR) is 133 cm³/mol. The van der Waals surface area contributed by atoms with E-state index < -0.39 is 21.9 Å². The molecule has 2 N–H and O–H groups in total. The van der Waals surface area contributed by atoms with Gasteiger partial charge >= 0.3 is 5.97 Å². The zero-order valence-electron chi connectivity index (χ0n) is 19.9. The van der Waals surface area contributed by atoms with Crippen molar-refractivity contribution in [2.45, 2.75) is 39.5 Å². The Bertz CT molecular complexity index is 1360. The summed E-state index contributed by atoms with van der Waals surface area (Å²) in [6.07, 6.45) is 0. The average molecular weight is 481 g/mol. The van der Waals surface area contributed by atoms with Crippen molar-refractivity contribution in [1.82, 2.24) is 0 Å². The van der Waals surface area contributed by atoms with Gasteiger partial charge in [-0.2, -0.15) is 0 Å². The van der Waals surface area contributed by atoms with Crippen LogP contribution in [0.2, 0.25) is 0 Å². The van der Waals surface area contributed by atoms with E-state index in [0.29, 0.717) is 28.1 Å². The largest absolute Gasteiger partial charge is 0.462 e. The van der Waals surface area contributed by atoms with Crippen molar-refractivity contribution < 1.29 is 22.7 Å². The first-order chi connectivity index (χ1) is 16.0. The third-order valence-electron chi connectivity index (χ3n) is 5.44. The molecule has 0 fully saturated rings. The van der Waals surface area contributed by atoms with Gasteiger partial charge in [0, 0.05) is 11.3 Å². The average Bonchev–Trinajstić information content (AvgIpc) is 2.77. The first kappa shape index (κ1) is 25.0. The number of carbonyl (C=O) groups is 2. The number of hydrogen-bond donors (Lipinski definition) is 2. The maximum Gasteiger partial charge on any atom is 0.338 e. The van der Waals surface area contributed by atoms with E-state index in [1.807, 2.05) is 26.0 Å². The first-order valence-electron chi connectivity index (χ1n) is 10.8. The Kier molecular flexibility index (Phi) is 7.41. The van der Waals surface area contributed by atoms with Gasteiger partial charge in [-0.25, -0.2) is 13.2 Å². The monoisotopic (exact) mass is 480 g/mol. The normalized spacial score (nSPS) is 11.1. The van der Waals surface area contributed by atoms with Crippen molar-refractivity contribution in [2.75, 3.05) is 16.6 Å². The maximum atomic E-state index is 13.1. The zero-order valence-corrected chi connectivity index (χ0v) is 20.7. The summed E-state index contributed by atoms with van der Waals surface area (Å²) in [5.41, 5.74) is 4.34. The third-order valence-corrected chi connectivity index (χ3v) is 6.95. The van der Waals surface area contributed by atoms with Crippen molar-refractivity contribution in [3.05, 3.63) is 88.0 Å². The van der Waals surface area contributed by atoms with E-state index in [0.717, 1.165) is 11.1 Å². The SMILES string of the molecule is CCOC(=O)c1cccc(NC(=O)c2ccc(C)c(S(=O)(=O)Nc3ccc(C)cc3C)c2)c1C. The van der Waals surface area contributed by atoms with Gasteiger partial charge < -0.3 is 10.1 Å². The van der Waals surface area contributed by atoms with Gasteiger partial charge in [0.25, 0.3) is 15.9 Å². The van der Waals surface area contributed by atoms with Gasteiger partial charge in [-0.15, -0.1) is 0 Å². The molecule has 0 atom stereocenters. The Morgan fingerprint density at radius 3 is 2.29 bits per heavy atom. The topological polar surface area (TPSA) is 102 Å². The van der Waals surface area contributed by atoms with Crippen molar-refractivity contribution in [3.8, 4) is 0 Å². The molecule has 34 heavy (non-hydrogen) atoms. The van der Waals surface area contributed by atoms with Crippen molar-refractivity contribution >= 4 is 33.3 Å². The highest BCUT2D eigenvalue weighted by Gasteiger charge is 2.21. The lowest BCUT2D eigenvalue weighted by Gasteiger charge is -2.15. The molecular formula is C26H28N2O5S. The number of carbonyl (C=O) groups excluding carboxylic acids is 2. The minimum Gasteiger partial charge on any atom is -0.462 e. The molecule has 0 radical (unpaired) electrons. The summed E-state index contributed by atoms with van der Waals surface area (Å²) in [7, 11) is -3.93. The highest BCUT2D eigenvalue weighted by Crippen LogP contribution is 2.25. The molecule has 0 spiro atoms. The Morgan fingerprint density at radius 2 is 1.62 bits per heavy atom. The van der Waals surface area contributed by atoms with Crippen LogP contribution in [0.5, 0.6) is 0 Å². The number of ether oxygens (including phenoxy) is 1. The number of nitrogens with one attached hydrogen (secondary N) is 2. The van der Waals surface area contributed by atoms with E-state index in [1.165, 1.54) is 6.07 Å². The van der Waals surface area contributed by atoms with Crippen LogP contribution >= 0.6 is 0 Å². The highest BCUT2D eigenvalue weighted by molar-refractivity contribution is 7.92. The van der Waals surface area contributed by atoms with E-state index in [4.69, 9.17) is 4.74 Å². The van der Waals surface area contributed by atoms with Gasteiger partial charge in [0.05, 0.1) is 22.8 Å². The van der Waals surface area contributed by atoms with Crippen molar-refractivity contribution in [2.24, 2.45) is 0 Å². The third kappa shape index (κ3) is 5.46. The molecule has 0 unspecified atom stereocenters. The van der Waals surface area contributed by atoms with Gasteiger partial charge in [-0.05, 0) is 81.6 Å². The van der Waals surface area contributed by atoms with Crippen LogP contribution in [0.3, 0.4) is 0 Å². The quantitative estimate of drug-likeness (QED) is 0.456. The summed E-state index contributed by atoms with van der Waals surface area (Å²) in [4.78, 5) is 25.1. The molecule has 7 nitrogen and oxygen atoms in total. The second kappa shape index (κ2) is 10.1. The summed E-state index contributed by atoms with van der Waals surface area (Å²) < 4.78 is 33.9. The summed E-state index contributed by atoms with van der Waals surface area (Å²) in [5, 5.41) is 2.77. The van der Waals surface area contributed by atoms with E-state index in [2.05, 4.69) is 10.0 Å². The summed E-state index contributed by atoms with van der Waals surface area (Å²) in [6.45, 7) is 9.10. The predicted octanol–water partition coefficient (Wildman–Crippen LogP) is 5.15. The van der Waals surface area contributed by atoms with Crippen LogP contribution in [-0.2, 0) is 14.8 Å². The number of rotatable bonds is 7. The zero-order chi connectivity index (χ0) is 25.0. The molecule has 0 bridgehead atoms. The molecule has 0 aliphatic heterocycles. The lowest BCUT2D eigenvalue weighted by molar-refractivity contribution is 0.0525. The highest BCUT2D eigenvalue weighted by atomic mass is 32.2. The first-order valence-corrected chi connectivity index (χ1v) is 12.3. The fourth-order valence-electron chi connectivity index (χ4n) is 3.55. The number of sulfonamides is 1. The molecule has 0 saturated heterocycles. The molecule has 0 aromatic heterocycles. The van der Waals surface area contributed by atoms with Crippen LogP contribution in [0.25, 0.3) is 0 Å². The number of amides is 1. The van der Waals surface area contributed by atoms with Gasteiger partial charge in [0.15, 0.2) is 0 Å². The van der Waals surface area contributed by atoms with Crippen LogP contribution < -0.4 is 10.0 Å². The van der Waals surface area contributed by atoms with Crippen LogP contribution in [0.1, 0.15) is 49.9 Å². The molecule has 0 aliphatic rings. The Balaban J connectivity index is 1.89. The lowest BCUT2D eigenvalue weighted by Crippen LogP contribution is -2.18. The van der Waals surface area contributed by atoms with Gasteiger partial charge in [0.2, 0.25) is 0 Å². The molecule has 178 valence electrons. The molecule has 0 heterocycles. The van der Waals surface area contributed by atoms with Crippen LogP contribution in [0, 0.1) is 27.7 Å². The van der Waals surface area contributed by atoms with E-state index >= 15 is 0 Å². The molecule has 8 heteroatoms. The smallest absolute Gasteiger partial charge is 0.338 e. The number of anilines is 2. The molecular weight excluding hydrogens is 452 g/mol. The molecule has 0 aliphatic carbocycles. The van der Waals surface area contributed by atoms with Crippen molar-refractivity contribution in [1.29, 1.82) is 0 Å². The van der Waals surface area contributed by atoms with Crippen molar-refractivity contribution in [3.63, 3.8) is 0 Å². The van der Waals surface area contributed by atoms with E-state index in [1.54, 1.807) is 57.2 Å². The minimum atomic E-state index is -3.93. The number of hydrogen-bond acceptors (Lipinski definition) is 5. The van der Waals surface area contributed by atoms with Crippen LogP contribution in [0.4, 0.5) is 11.4 Å². The maximum absolute atomic E-state index is 13.1. The standard InChI is InChI=1S/C26H28N2O5S/c1-6-33-26(30)21-8-7-9-23(19(21)5)27-25(29)20-12-11-17(3)24(15-20)34(31,32)28-22-13-10-16(2)14-18(22)4/h7-15,28H,6H2,1-5H3,(H,27,29). The number of aryl methyl sites for hydroxylation is 3. The lowest BCUT2D eigenvalue weighted by atomic mass is 10.1. The fourth-order valence-corrected chi connectivity index (χ4v) is 4.96.